The first-order valence-electron chi connectivity index (χ1n) is 4.22. The second-order valence-corrected chi connectivity index (χ2v) is 2.95. The maximum absolute atomic E-state index is 9.52. The van der Waals surface area contributed by atoms with E-state index in [0.717, 1.165) is 6.54 Å². The molecule has 3 nitrogen and oxygen atoms in total. The Morgan fingerprint density at radius 3 is 2.67 bits per heavy atom. The number of hydrogen-bond acceptors (Lipinski definition) is 3. The minimum absolute atomic E-state index is 0.589. The van der Waals surface area contributed by atoms with Crippen LogP contribution in [0.1, 0.15) is 27.2 Å². The van der Waals surface area contributed by atoms with E-state index in [1.54, 1.807) is 6.92 Å². The van der Waals surface area contributed by atoms with Crippen molar-refractivity contribution in [3.8, 4) is 0 Å². The zero-order valence-corrected chi connectivity index (χ0v) is 8.09. The average molecular weight is 170 g/mol. The molecule has 0 aromatic carbocycles. The fourth-order valence-corrected chi connectivity index (χ4v) is 0.558. The van der Waals surface area contributed by atoms with Crippen LogP contribution in [-0.2, 0) is 0 Å². The summed E-state index contributed by atoms with van der Waals surface area (Å²) in [7, 11) is 0. The molecule has 1 atom stereocenters. The Bertz CT molecular complexity index is 173. The first-order chi connectivity index (χ1) is 5.52. The van der Waals surface area contributed by atoms with Crippen LogP contribution in [-0.4, -0.2) is 23.5 Å². The van der Waals surface area contributed by atoms with Crippen molar-refractivity contribution in [2.45, 2.75) is 32.8 Å². The summed E-state index contributed by atoms with van der Waals surface area (Å²) in [5.41, 5.74) is -0.821. The summed E-state index contributed by atoms with van der Waals surface area (Å²) < 4.78 is 0. The van der Waals surface area contributed by atoms with Crippen molar-refractivity contribution < 1.29 is 5.11 Å². The van der Waals surface area contributed by atoms with Crippen molar-refractivity contribution in [1.82, 2.24) is 5.32 Å². The molecule has 0 aliphatic heterocycles. The van der Waals surface area contributed by atoms with Gasteiger partial charge in [0, 0.05) is 12.8 Å². The summed E-state index contributed by atoms with van der Waals surface area (Å²) in [6, 6.07) is 0. The maximum atomic E-state index is 9.52. The lowest BCUT2D eigenvalue weighted by Crippen LogP contribution is -2.25. The van der Waals surface area contributed by atoms with Crippen LogP contribution in [0.15, 0.2) is 17.4 Å². The van der Waals surface area contributed by atoms with E-state index < -0.39 is 5.60 Å². The van der Waals surface area contributed by atoms with E-state index in [1.807, 2.05) is 13.8 Å². The van der Waals surface area contributed by atoms with Crippen LogP contribution < -0.4 is 5.32 Å². The first-order valence-corrected chi connectivity index (χ1v) is 4.22. The largest absolute Gasteiger partial charge is 0.385 e. The van der Waals surface area contributed by atoms with Crippen LogP contribution >= 0.6 is 0 Å². The highest BCUT2D eigenvalue weighted by atomic mass is 16.3. The van der Waals surface area contributed by atoms with Gasteiger partial charge in [0.2, 0.25) is 0 Å². The highest BCUT2D eigenvalue weighted by Crippen LogP contribution is 2.04. The zero-order chi connectivity index (χ0) is 9.61. The van der Waals surface area contributed by atoms with Gasteiger partial charge in [-0.05, 0) is 20.3 Å². The molecule has 12 heavy (non-hydrogen) atoms. The van der Waals surface area contributed by atoms with Crippen molar-refractivity contribution in [1.29, 1.82) is 0 Å². The molecule has 0 saturated carbocycles. The van der Waals surface area contributed by atoms with Crippen LogP contribution in [0.3, 0.4) is 0 Å². The van der Waals surface area contributed by atoms with Gasteiger partial charge in [-0.1, -0.05) is 13.5 Å². The predicted octanol–water partition coefficient (Wildman–Crippen LogP) is 1.30. The molecule has 0 saturated heterocycles. The highest BCUT2D eigenvalue weighted by Gasteiger charge is 2.13. The van der Waals surface area contributed by atoms with Gasteiger partial charge in [0.25, 0.3) is 0 Å². The SMILES string of the molecule is C=C(N=C[C@@](C)(O)CC)NCC. The van der Waals surface area contributed by atoms with E-state index in [0.29, 0.717) is 12.2 Å². The fourth-order valence-electron chi connectivity index (χ4n) is 0.558. The maximum Gasteiger partial charge on any atom is 0.118 e. The highest BCUT2D eigenvalue weighted by molar-refractivity contribution is 5.68. The molecule has 0 aromatic rings. The van der Waals surface area contributed by atoms with Gasteiger partial charge in [-0.2, -0.15) is 0 Å². The average Bonchev–Trinajstić information content (AvgIpc) is 2.02. The molecule has 0 fully saturated rings. The molecule has 0 bridgehead atoms. The van der Waals surface area contributed by atoms with E-state index in [4.69, 9.17) is 0 Å². The standard InChI is InChI=1S/C9H18N2O/c1-5-9(4,12)7-11-8(3)10-6-2/h7,10,12H,3,5-6H2,1-2,4H3/t9-/m0/s1. The number of aliphatic imine (C=N–C) groups is 1. The Morgan fingerprint density at radius 2 is 2.25 bits per heavy atom. The molecule has 0 amide bonds. The smallest absolute Gasteiger partial charge is 0.118 e. The third-order valence-corrected chi connectivity index (χ3v) is 1.60. The van der Waals surface area contributed by atoms with Crippen LogP contribution in [0.25, 0.3) is 0 Å². The molecular formula is C9H18N2O. The Kier molecular flexibility index (Phi) is 4.59. The van der Waals surface area contributed by atoms with Gasteiger partial charge < -0.3 is 10.4 Å². The summed E-state index contributed by atoms with van der Waals surface area (Å²) in [6.07, 6.45) is 2.16. The predicted molar refractivity (Wildman–Crippen MR) is 52.2 cm³/mol. The lowest BCUT2D eigenvalue weighted by atomic mass is 10.1. The van der Waals surface area contributed by atoms with Gasteiger partial charge >= 0.3 is 0 Å². The first kappa shape index (κ1) is 11.2. The molecule has 0 aliphatic rings. The van der Waals surface area contributed by atoms with Gasteiger partial charge in [0.15, 0.2) is 0 Å². The number of aliphatic hydroxyl groups is 1. The quantitative estimate of drug-likeness (QED) is 0.611. The Morgan fingerprint density at radius 1 is 1.67 bits per heavy atom. The monoisotopic (exact) mass is 170 g/mol. The Hall–Kier alpha value is -0.830. The van der Waals surface area contributed by atoms with E-state index in [-0.39, 0.29) is 0 Å². The number of nitrogens with zero attached hydrogens (tertiary/aromatic N) is 1. The summed E-state index contributed by atoms with van der Waals surface area (Å²) in [6.45, 7) is 10.1. The minimum Gasteiger partial charge on any atom is -0.385 e. The van der Waals surface area contributed by atoms with Crippen LogP contribution in [0.2, 0.25) is 0 Å². The number of nitrogens with one attached hydrogen (secondary N) is 1. The number of rotatable bonds is 5. The van der Waals surface area contributed by atoms with Crippen LogP contribution in [0, 0.1) is 0 Å². The minimum atomic E-state index is -0.821. The van der Waals surface area contributed by atoms with Crippen molar-refractivity contribution in [3.63, 3.8) is 0 Å². The molecule has 0 unspecified atom stereocenters. The molecule has 0 rings (SSSR count). The second kappa shape index (κ2) is 4.93. The Balaban J connectivity index is 3.97. The lowest BCUT2D eigenvalue weighted by Gasteiger charge is -2.14. The number of hydrogen-bond donors (Lipinski definition) is 2. The van der Waals surface area contributed by atoms with E-state index in [1.165, 1.54) is 6.21 Å². The van der Waals surface area contributed by atoms with Crippen molar-refractivity contribution >= 4 is 6.21 Å². The van der Waals surface area contributed by atoms with E-state index in [9.17, 15) is 5.11 Å². The molecule has 0 aromatic heterocycles. The molecule has 0 heterocycles. The van der Waals surface area contributed by atoms with Gasteiger partial charge in [0.05, 0.1) is 5.60 Å². The van der Waals surface area contributed by atoms with Gasteiger partial charge in [-0.3, -0.25) is 0 Å². The molecule has 0 spiro atoms. The van der Waals surface area contributed by atoms with Crippen molar-refractivity contribution in [2.24, 2.45) is 4.99 Å². The molecule has 2 N–H and O–H groups in total. The van der Waals surface area contributed by atoms with E-state index in [2.05, 4.69) is 16.9 Å². The second-order valence-electron chi connectivity index (χ2n) is 2.95. The zero-order valence-electron chi connectivity index (χ0n) is 8.09. The molecular weight excluding hydrogens is 152 g/mol. The third kappa shape index (κ3) is 4.91. The van der Waals surface area contributed by atoms with Crippen LogP contribution in [0.4, 0.5) is 0 Å². The van der Waals surface area contributed by atoms with Crippen molar-refractivity contribution in [3.05, 3.63) is 12.4 Å². The third-order valence-electron chi connectivity index (χ3n) is 1.60. The van der Waals surface area contributed by atoms with Crippen molar-refractivity contribution in [2.75, 3.05) is 6.54 Å². The lowest BCUT2D eigenvalue weighted by molar-refractivity contribution is 0.134. The molecule has 70 valence electrons. The van der Waals surface area contributed by atoms with Gasteiger partial charge in [-0.25, -0.2) is 4.99 Å². The van der Waals surface area contributed by atoms with Gasteiger partial charge in [-0.15, -0.1) is 0 Å². The molecule has 0 aliphatic carbocycles. The van der Waals surface area contributed by atoms with E-state index >= 15 is 0 Å². The van der Waals surface area contributed by atoms with Crippen LogP contribution in [0.5, 0.6) is 0 Å². The summed E-state index contributed by atoms with van der Waals surface area (Å²) >= 11 is 0. The molecule has 3 heteroatoms. The summed E-state index contributed by atoms with van der Waals surface area (Å²) in [5, 5.41) is 12.5. The summed E-state index contributed by atoms with van der Waals surface area (Å²) in [4.78, 5) is 3.98. The fraction of sp³-hybridized carbons (Fsp3) is 0.667. The Labute approximate surface area is 74.2 Å². The topological polar surface area (TPSA) is 44.6 Å². The van der Waals surface area contributed by atoms with Gasteiger partial charge in [0.1, 0.15) is 5.82 Å². The normalized spacial score (nSPS) is 16.0. The molecule has 0 radical (unpaired) electrons. The summed E-state index contributed by atoms with van der Waals surface area (Å²) in [5.74, 6) is 0.589.